The highest BCUT2D eigenvalue weighted by molar-refractivity contribution is 6.32. The predicted molar refractivity (Wildman–Crippen MR) is 82.6 cm³/mol. The van der Waals surface area contributed by atoms with Crippen LogP contribution in [0.1, 0.15) is 18.7 Å². The van der Waals surface area contributed by atoms with Gasteiger partial charge >= 0.3 is 6.18 Å². The van der Waals surface area contributed by atoms with Crippen molar-refractivity contribution in [1.29, 1.82) is 0 Å². The molecule has 0 aliphatic heterocycles. The molecule has 0 amide bonds. The lowest BCUT2D eigenvalue weighted by Gasteiger charge is -2.09. The molecule has 7 nitrogen and oxygen atoms in total. The maximum atomic E-state index is 13.0. The van der Waals surface area contributed by atoms with Crippen molar-refractivity contribution in [3.05, 3.63) is 28.9 Å². The van der Waals surface area contributed by atoms with Crippen LogP contribution in [0.15, 0.2) is 18.2 Å². The fourth-order valence-electron chi connectivity index (χ4n) is 2.34. The number of hydrogen-bond donors (Lipinski definition) is 1. The first-order chi connectivity index (χ1) is 11.7. The minimum atomic E-state index is -4.65. The topological polar surface area (TPSA) is 78.0 Å². The lowest BCUT2D eigenvalue weighted by atomic mass is 10.2. The monoisotopic (exact) mass is 375 g/mol. The first-order valence-corrected chi connectivity index (χ1v) is 7.53. The molecular formula is C14H13ClF3N5O2. The standard InChI is InChI=1S/C14H13ClF3N5O2/c1-7(6-24)23-10-5-8(3-4-9(10)19-21-23)25-13-11(15)12(14(16,17)18)22(2)20-13/h3-5,7,24H,6H2,1-2H3. The van der Waals surface area contributed by atoms with Gasteiger partial charge in [-0.05, 0) is 19.1 Å². The summed E-state index contributed by atoms with van der Waals surface area (Å²) in [5.74, 6) is -0.139. The maximum absolute atomic E-state index is 13.0. The van der Waals surface area contributed by atoms with Crippen molar-refractivity contribution in [2.45, 2.75) is 19.1 Å². The number of fused-ring (bicyclic) bond motifs is 1. The third kappa shape index (κ3) is 3.14. The molecule has 1 N–H and O–H groups in total. The number of aryl methyl sites for hydroxylation is 1. The van der Waals surface area contributed by atoms with Gasteiger partial charge in [-0.3, -0.25) is 4.68 Å². The number of aliphatic hydroxyl groups is 1. The molecule has 0 aliphatic carbocycles. The average Bonchev–Trinajstić information content (AvgIpc) is 3.07. The van der Waals surface area contributed by atoms with Crippen molar-refractivity contribution in [1.82, 2.24) is 24.8 Å². The molecule has 0 radical (unpaired) electrons. The first-order valence-electron chi connectivity index (χ1n) is 7.15. The summed E-state index contributed by atoms with van der Waals surface area (Å²) in [5.41, 5.74) is 0.0174. The molecule has 3 rings (SSSR count). The van der Waals surface area contributed by atoms with E-state index in [1.165, 1.54) is 10.7 Å². The molecule has 11 heteroatoms. The van der Waals surface area contributed by atoms with Gasteiger partial charge in [0.15, 0.2) is 5.69 Å². The Morgan fingerprint density at radius 3 is 2.68 bits per heavy atom. The highest BCUT2D eigenvalue weighted by Gasteiger charge is 2.39. The smallest absolute Gasteiger partial charge is 0.434 e. The summed E-state index contributed by atoms with van der Waals surface area (Å²) in [7, 11) is 1.13. The molecule has 3 aromatic rings. The predicted octanol–water partition coefficient (Wildman–Crippen LogP) is 3.18. The first kappa shape index (κ1) is 17.5. The quantitative estimate of drug-likeness (QED) is 0.757. The molecule has 2 aromatic heterocycles. The summed E-state index contributed by atoms with van der Waals surface area (Å²) in [6.45, 7) is 1.59. The molecule has 2 heterocycles. The Kier molecular flexibility index (Phi) is 4.33. The minimum Gasteiger partial charge on any atom is -0.436 e. The van der Waals surface area contributed by atoms with Gasteiger partial charge in [0.25, 0.3) is 5.88 Å². The van der Waals surface area contributed by atoms with Crippen molar-refractivity contribution in [2.24, 2.45) is 7.05 Å². The minimum absolute atomic E-state index is 0.148. The number of aliphatic hydroxyl groups excluding tert-OH is 1. The molecule has 134 valence electrons. The molecule has 1 atom stereocenters. The fourth-order valence-corrected chi connectivity index (χ4v) is 2.65. The number of aromatic nitrogens is 5. The van der Waals surface area contributed by atoms with E-state index >= 15 is 0 Å². The zero-order valence-electron chi connectivity index (χ0n) is 13.1. The number of ether oxygens (including phenoxy) is 1. The van der Waals surface area contributed by atoms with Crippen LogP contribution in [0.25, 0.3) is 11.0 Å². The number of halogens is 4. The van der Waals surface area contributed by atoms with Crippen molar-refractivity contribution >= 4 is 22.6 Å². The average molecular weight is 376 g/mol. The van der Waals surface area contributed by atoms with Crippen LogP contribution in [0.4, 0.5) is 13.2 Å². The van der Waals surface area contributed by atoms with Gasteiger partial charge in [-0.25, -0.2) is 4.68 Å². The van der Waals surface area contributed by atoms with E-state index in [0.29, 0.717) is 15.7 Å². The summed E-state index contributed by atoms with van der Waals surface area (Å²) >= 11 is 5.77. The van der Waals surface area contributed by atoms with Crippen molar-refractivity contribution in [3.8, 4) is 11.6 Å². The highest BCUT2D eigenvalue weighted by Crippen LogP contribution is 2.40. The van der Waals surface area contributed by atoms with E-state index in [4.69, 9.17) is 16.3 Å². The largest absolute Gasteiger partial charge is 0.436 e. The Bertz CT molecular complexity index is 921. The van der Waals surface area contributed by atoms with Gasteiger partial charge in [-0.1, -0.05) is 16.8 Å². The van der Waals surface area contributed by atoms with Crippen LogP contribution >= 0.6 is 11.6 Å². The third-order valence-electron chi connectivity index (χ3n) is 3.57. The molecule has 1 unspecified atom stereocenters. The second-order valence-corrected chi connectivity index (χ2v) is 5.79. The summed E-state index contributed by atoms with van der Waals surface area (Å²) in [6.07, 6.45) is -4.65. The van der Waals surface area contributed by atoms with Gasteiger partial charge in [-0.15, -0.1) is 10.2 Å². The number of hydrogen-bond acceptors (Lipinski definition) is 5. The second kappa shape index (κ2) is 6.19. The number of rotatable bonds is 4. The molecule has 25 heavy (non-hydrogen) atoms. The fraction of sp³-hybridized carbons (Fsp3) is 0.357. The van der Waals surface area contributed by atoms with Crippen LogP contribution in [0.2, 0.25) is 5.02 Å². The Morgan fingerprint density at radius 2 is 2.08 bits per heavy atom. The van der Waals surface area contributed by atoms with Gasteiger partial charge < -0.3 is 9.84 Å². The van der Waals surface area contributed by atoms with Crippen LogP contribution in [0.3, 0.4) is 0 Å². The SMILES string of the molecule is CC(CO)n1nnc2ccc(Oc3nn(C)c(C(F)(F)F)c3Cl)cc21. The lowest BCUT2D eigenvalue weighted by Crippen LogP contribution is -2.12. The molecule has 0 aliphatic rings. The van der Waals surface area contributed by atoms with E-state index in [1.54, 1.807) is 19.1 Å². The summed E-state index contributed by atoms with van der Waals surface area (Å²) < 4.78 is 46.4. The van der Waals surface area contributed by atoms with Crippen LogP contribution < -0.4 is 4.74 Å². The Balaban J connectivity index is 1.99. The van der Waals surface area contributed by atoms with Crippen molar-refractivity contribution in [2.75, 3.05) is 6.61 Å². The van der Waals surface area contributed by atoms with Crippen LogP contribution in [-0.2, 0) is 13.2 Å². The van der Waals surface area contributed by atoms with Gasteiger partial charge in [0.2, 0.25) is 0 Å². The van der Waals surface area contributed by atoms with Gasteiger partial charge in [0, 0.05) is 13.1 Å². The normalized spacial score (nSPS) is 13.4. The maximum Gasteiger partial charge on any atom is 0.434 e. The van der Waals surface area contributed by atoms with E-state index < -0.39 is 16.9 Å². The zero-order valence-corrected chi connectivity index (χ0v) is 13.9. The molecule has 0 saturated carbocycles. The van der Waals surface area contributed by atoms with E-state index in [-0.39, 0.29) is 24.3 Å². The van der Waals surface area contributed by atoms with Crippen molar-refractivity contribution in [3.63, 3.8) is 0 Å². The summed E-state index contributed by atoms with van der Waals surface area (Å²) in [5, 5.41) is 20.2. The summed E-state index contributed by atoms with van der Waals surface area (Å²) in [6, 6.07) is 4.33. The summed E-state index contributed by atoms with van der Waals surface area (Å²) in [4.78, 5) is 0. The van der Waals surface area contributed by atoms with E-state index in [0.717, 1.165) is 7.05 Å². The molecule has 0 fully saturated rings. The Morgan fingerprint density at radius 1 is 1.36 bits per heavy atom. The second-order valence-electron chi connectivity index (χ2n) is 5.41. The van der Waals surface area contributed by atoms with E-state index in [2.05, 4.69) is 15.4 Å². The van der Waals surface area contributed by atoms with Gasteiger partial charge in [0.05, 0.1) is 18.2 Å². The van der Waals surface area contributed by atoms with E-state index in [9.17, 15) is 18.3 Å². The van der Waals surface area contributed by atoms with Gasteiger partial charge in [-0.2, -0.15) is 13.2 Å². The molecule has 0 spiro atoms. The Hall–Kier alpha value is -2.33. The molecule has 0 saturated heterocycles. The highest BCUT2D eigenvalue weighted by atomic mass is 35.5. The molecule has 1 aromatic carbocycles. The Labute approximate surface area is 144 Å². The van der Waals surface area contributed by atoms with Crippen LogP contribution in [0.5, 0.6) is 11.6 Å². The number of benzene rings is 1. The lowest BCUT2D eigenvalue weighted by molar-refractivity contribution is -0.143. The molecular weight excluding hydrogens is 363 g/mol. The van der Waals surface area contributed by atoms with Crippen LogP contribution in [0, 0.1) is 0 Å². The van der Waals surface area contributed by atoms with Crippen LogP contribution in [-0.4, -0.2) is 36.5 Å². The third-order valence-corrected chi connectivity index (χ3v) is 3.91. The zero-order chi connectivity index (χ0) is 18.4. The molecule has 0 bridgehead atoms. The number of alkyl halides is 3. The van der Waals surface area contributed by atoms with Crippen molar-refractivity contribution < 1.29 is 23.0 Å². The van der Waals surface area contributed by atoms with Gasteiger partial charge in [0.1, 0.15) is 16.3 Å². The number of nitrogens with zero attached hydrogens (tertiary/aromatic N) is 5. The van der Waals surface area contributed by atoms with E-state index in [1.807, 2.05) is 0 Å².